The molecule has 0 spiro atoms. The van der Waals surface area contributed by atoms with Crippen LogP contribution >= 0.6 is 0 Å². The molecule has 1 amide bonds. The quantitative estimate of drug-likeness (QED) is 0.777. The maximum atomic E-state index is 12.5. The van der Waals surface area contributed by atoms with Crippen LogP contribution in [-0.4, -0.2) is 63.8 Å². The summed E-state index contributed by atoms with van der Waals surface area (Å²) in [7, 11) is -0.355. The van der Waals surface area contributed by atoms with Crippen molar-refractivity contribution in [3.8, 4) is 5.75 Å². The molecule has 1 aromatic rings. The summed E-state index contributed by atoms with van der Waals surface area (Å²) in [4.78, 5) is 12.5. The van der Waals surface area contributed by atoms with Gasteiger partial charge in [-0.3, -0.25) is 4.79 Å². The number of nitrogens with one attached hydrogen (secondary N) is 1. The summed E-state index contributed by atoms with van der Waals surface area (Å²) in [6.07, 6.45) is 0.0159. The summed E-state index contributed by atoms with van der Waals surface area (Å²) in [5.41, 5.74) is 0.472. The van der Waals surface area contributed by atoms with Crippen molar-refractivity contribution in [2.45, 2.75) is 26.0 Å². The van der Waals surface area contributed by atoms with Crippen LogP contribution in [0.4, 0.5) is 0 Å². The number of ether oxygens (including phenoxy) is 2. The lowest BCUT2D eigenvalue weighted by molar-refractivity contribution is 0.0925. The van der Waals surface area contributed by atoms with Gasteiger partial charge < -0.3 is 14.8 Å². The average Bonchev–Trinajstić information content (AvgIpc) is 2.93. The molecule has 1 N–H and O–H groups in total. The van der Waals surface area contributed by atoms with Crippen molar-refractivity contribution in [2.75, 3.05) is 33.1 Å². The Labute approximate surface area is 149 Å². The van der Waals surface area contributed by atoms with Crippen molar-refractivity contribution < 1.29 is 22.7 Å². The van der Waals surface area contributed by atoms with Gasteiger partial charge in [0.25, 0.3) is 5.91 Å². The highest BCUT2D eigenvalue weighted by Gasteiger charge is 2.34. The van der Waals surface area contributed by atoms with Gasteiger partial charge in [-0.1, -0.05) is 6.07 Å². The lowest BCUT2D eigenvalue weighted by atomic mass is 10.1. The highest BCUT2D eigenvalue weighted by molar-refractivity contribution is 7.89. The van der Waals surface area contributed by atoms with Crippen LogP contribution in [0.25, 0.3) is 0 Å². The summed E-state index contributed by atoms with van der Waals surface area (Å²) in [6, 6.07) is 6.59. The van der Waals surface area contributed by atoms with E-state index in [1.54, 1.807) is 24.3 Å². The third kappa shape index (κ3) is 5.42. The number of carbonyl (C=O) groups is 1. The van der Waals surface area contributed by atoms with Crippen LogP contribution in [0.3, 0.4) is 0 Å². The first kappa shape index (κ1) is 19.7. The van der Waals surface area contributed by atoms with Crippen LogP contribution in [0.1, 0.15) is 24.2 Å². The van der Waals surface area contributed by atoms with Crippen molar-refractivity contribution >= 4 is 15.9 Å². The molecule has 0 radical (unpaired) electrons. The summed E-state index contributed by atoms with van der Waals surface area (Å²) < 4.78 is 36.3. The van der Waals surface area contributed by atoms with Gasteiger partial charge in [-0.25, -0.2) is 12.7 Å². The molecule has 8 heteroatoms. The molecule has 0 aromatic heterocycles. The largest absolute Gasteiger partial charge is 0.491 e. The van der Waals surface area contributed by atoms with Crippen molar-refractivity contribution in [1.29, 1.82) is 0 Å². The van der Waals surface area contributed by atoms with E-state index in [1.807, 2.05) is 13.8 Å². The minimum absolute atomic E-state index is 0.0159. The number of carbonyl (C=O) groups excluding carboxylic acids is 1. The number of amides is 1. The molecule has 1 aromatic carbocycles. The number of sulfonamides is 1. The van der Waals surface area contributed by atoms with Crippen LogP contribution < -0.4 is 10.1 Å². The second-order valence-corrected chi connectivity index (χ2v) is 8.86. The lowest BCUT2D eigenvalue weighted by Gasteiger charge is -2.21. The fraction of sp³-hybridized carbons (Fsp3) is 0.588. The Morgan fingerprint density at radius 3 is 2.72 bits per heavy atom. The average molecular weight is 370 g/mol. The first-order chi connectivity index (χ1) is 11.7. The van der Waals surface area contributed by atoms with E-state index in [0.717, 1.165) is 0 Å². The molecule has 1 saturated heterocycles. The van der Waals surface area contributed by atoms with Crippen LogP contribution in [-0.2, 0) is 14.8 Å². The first-order valence-electron chi connectivity index (χ1n) is 8.24. The van der Waals surface area contributed by atoms with Crippen molar-refractivity contribution in [3.05, 3.63) is 29.8 Å². The smallest absolute Gasteiger partial charge is 0.251 e. The zero-order valence-electron chi connectivity index (χ0n) is 15.1. The molecule has 0 unspecified atom stereocenters. The molecule has 1 fully saturated rings. The van der Waals surface area contributed by atoms with Gasteiger partial charge in [-0.2, -0.15) is 0 Å². The van der Waals surface area contributed by atoms with Gasteiger partial charge in [0, 0.05) is 25.6 Å². The van der Waals surface area contributed by atoms with Crippen LogP contribution in [0.5, 0.6) is 5.75 Å². The number of hydrogen-bond acceptors (Lipinski definition) is 5. The predicted octanol–water partition coefficient (Wildman–Crippen LogP) is 1.11. The molecule has 1 aliphatic heterocycles. The van der Waals surface area contributed by atoms with Crippen molar-refractivity contribution in [2.24, 2.45) is 5.92 Å². The number of benzene rings is 1. The Morgan fingerprint density at radius 2 is 2.08 bits per heavy atom. The fourth-order valence-corrected chi connectivity index (χ4v) is 3.74. The molecule has 2 rings (SSSR count). The molecule has 7 nitrogen and oxygen atoms in total. The Hall–Kier alpha value is -1.64. The van der Waals surface area contributed by atoms with Gasteiger partial charge in [0.05, 0.1) is 31.1 Å². The molecule has 1 aliphatic rings. The highest BCUT2D eigenvalue weighted by atomic mass is 32.2. The van der Waals surface area contributed by atoms with Crippen LogP contribution in [0.2, 0.25) is 0 Å². The van der Waals surface area contributed by atoms with E-state index in [1.165, 1.54) is 18.4 Å². The summed E-state index contributed by atoms with van der Waals surface area (Å²) in [5, 5.41) is 2.88. The first-order valence-corrected chi connectivity index (χ1v) is 9.85. The third-order valence-corrected chi connectivity index (χ3v) is 5.93. The van der Waals surface area contributed by atoms with Gasteiger partial charge >= 0.3 is 0 Å². The topological polar surface area (TPSA) is 84.9 Å². The maximum absolute atomic E-state index is 12.5. The molecule has 1 heterocycles. The number of rotatable bonds is 7. The zero-order chi connectivity index (χ0) is 18.6. The standard InChI is InChI=1S/C17H26N2O5S/c1-12(2)24-15-7-5-6-13(8-15)17(20)18-16-10-23-9-14(16)11-25(21,22)19(3)4/h5-8,12,14,16H,9-11H2,1-4H3,(H,18,20)/t14-,16-/m0/s1. The van der Waals surface area contributed by atoms with Crippen molar-refractivity contribution in [1.82, 2.24) is 9.62 Å². The molecule has 0 saturated carbocycles. The van der Waals surface area contributed by atoms with Crippen molar-refractivity contribution in [3.63, 3.8) is 0 Å². The van der Waals surface area contributed by atoms with Gasteiger partial charge in [-0.05, 0) is 32.0 Å². The third-order valence-electron chi connectivity index (χ3n) is 3.96. The fourth-order valence-electron chi connectivity index (χ4n) is 2.58. The Kier molecular flexibility index (Phi) is 6.42. The maximum Gasteiger partial charge on any atom is 0.251 e. The monoisotopic (exact) mass is 370 g/mol. The minimum atomic E-state index is -3.35. The van der Waals surface area contributed by atoms with Gasteiger partial charge in [-0.15, -0.1) is 0 Å². The Balaban J connectivity index is 2.04. The second-order valence-electron chi connectivity index (χ2n) is 6.63. The molecular formula is C17H26N2O5S. The minimum Gasteiger partial charge on any atom is -0.491 e. The van der Waals surface area contributed by atoms with E-state index in [9.17, 15) is 13.2 Å². The van der Waals surface area contributed by atoms with Crippen LogP contribution in [0, 0.1) is 5.92 Å². The summed E-state index contributed by atoms with van der Waals surface area (Å²) in [5.74, 6) is 0.0296. The molecule has 140 valence electrons. The Morgan fingerprint density at radius 1 is 1.36 bits per heavy atom. The Bertz CT molecular complexity index is 703. The van der Waals surface area contributed by atoms with Gasteiger partial charge in [0.1, 0.15) is 5.75 Å². The van der Waals surface area contributed by atoms with E-state index in [0.29, 0.717) is 24.5 Å². The zero-order valence-corrected chi connectivity index (χ0v) is 15.9. The molecule has 25 heavy (non-hydrogen) atoms. The molecule has 0 aliphatic carbocycles. The predicted molar refractivity (Wildman–Crippen MR) is 95.2 cm³/mol. The van der Waals surface area contributed by atoms with Gasteiger partial charge in [0.15, 0.2) is 0 Å². The van der Waals surface area contributed by atoms with Crippen LogP contribution in [0.15, 0.2) is 24.3 Å². The van der Waals surface area contributed by atoms with E-state index in [4.69, 9.17) is 9.47 Å². The van der Waals surface area contributed by atoms with E-state index < -0.39 is 10.0 Å². The summed E-state index contributed by atoms with van der Waals surface area (Å²) >= 11 is 0. The molecule has 2 atom stereocenters. The highest BCUT2D eigenvalue weighted by Crippen LogP contribution is 2.19. The van der Waals surface area contributed by atoms with Gasteiger partial charge in [0.2, 0.25) is 10.0 Å². The normalized spacial score (nSPS) is 20.9. The number of hydrogen-bond donors (Lipinski definition) is 1. The van der Waals surface area contributed by atoms with E-state index >= 15 is 0 Å². The summed E-state index contributed by atoms with van der Waals surface area (Å²) in [6.45, 7) is 4.45. The SMILES string of the molecule is CC(C)Oc1cccc(C(=O)N[C@H]2COC[C@H]2CS(=O)(=O)N(C)C)c1. The molecular weight excluding hydrogens is 344 g/mol. The van der Waals surface area contributed by atoms with E-state index in [2.05, 4.69) is 5.32 Å². The lowest BCUT2D eigenvalue weighted by Crippen LogP contribution is -2.43. The van der Waals surface area contributed by atoms with E-state index in [-0.39, 0.29) is 29.7 Å². The second kappa shape index (κ2) is 8.16. The number of nitrogens with zero attached hydrogens (tertiary/aromatic N) is 1. The molecule has 0 bridgehead atoms.